The molecule has 0 N–H and O–H groups in total. The van der Waals surface area contributed by atoms with E-state index in [1.807, 2.05) is 30.3 Å². The molecule has 0 bridgehead atoms. The summed E-state index contributed by atoms with van der Waals surface area (Å²) in [5.41, 5.74) is 1.38. The van der Waals surface area contributed by atoms with Crippen molar-refractivity contribution in [3.8, 4) is 11.5 Å². The molecule has 10 heteroatoms. The van der Waals surface area contributed by atoms with Gasteiger partial charge in [-0.2, -0.15) is 0 Å². The smallest absolute Gasteiger partial charge is 0.293 e. The largest absolute Gasteiger partial charge is 0.492 e. The number of carbonyl (C=O) groups is 2. The first-order valence-corrected chi connectivity index (χ1v) is 12.1. The van der Waals surface area contributed by atoms with Crippen molar-refractivity contribution in [2.75, 3.05) is 13.2 Å². The molecule has 1 heterocycles. The summed E-state index contributed by atoms with van der Waals surface area (Å²) in [7, 11) is 0. The first kappa shape index (κ1) is 24.5. The van der Waals surface area contributed by atoms with Gasteiger partial charge in [-0.1, -0.05) is 36.4 Å². The quantitative estimate of drug-likeness (QED) is 0.180. The number of imide groups is 1. The Morgan fingerprint density at radius 3 is 2.54 bits per heavy atom. The van der Waals surface area contributed by atoms with Gasteiger partial charge >= 0.3 is 0 Å². The zero-order valence-corrected chi connectivity index (χ0v) is 20.7. The highest BCUT2D eigenvalue weighted by Gasteiger charge is 2.34. The Kier molecular flexibility index (Phi) is 7.84. The lowest BCUT2D eigenvalue weighted by molar-refractivity contribution is -0.384. The molecule has 0 atom stereocenters. The van der Waals surface area contributed by atoms with E-state index in [1.165, 1.54) is 17.0 Å². The second-order valence-electron chi connectivity index (χ2n) is 7.40. The molecule has 35 heavy (non-hydrogen) atoms. The summed E-state index contributed by atoms with van der Waals surface area (Å²) in [6, 6.07) is 20.7. The van der Waals surface area contributed by atoms with Crippen LogP contribution >= 0.6 is 27.7 Å². The Bertz CT molecular complexity index is 1300. The van der Waals surface area contributed by atoms with Crippen LogP contribution in [-0.4, -0.2) is 34.1 Å². The second-order valence-corrected chi connectivity index (χ2v) is 9.25. The maximum Gasteiger partial charge on any atom is 0.293 e. The number of nitrogens with zero attached hydrogens (tertiary/aromatic N) is 2. The molecule has 0 aromatic heterocycles. The van der Waals surface area contributed by atoms with E-state index >= 15 is 0 Å². The fraction of sp³-hybridized carbons (Fsp3) is 0.120. The Balaban J connectivity index is 1.37. The molecule has 4 rings (SSSR count). The predicted octanol–water partition coefficient (Wildman–Crippen LogP) is 6.05. The summed E-state index contributed by atoms with van der Waals surface area (Å²) in [6.45, 7) is 0.520. The van der Waals surface area contributed by atoms with Crippen LogP contribution in [0, 0.1) is 10.1 Å². The van der Waals surface area contributed by atoms with Crippen LogP contribution in [0.25, 0.3) is 6.08 Å². The molecule has 1 aliphatic heterocycles. The predicted molar refractivity (Wildman–Crippen MR) is 136 cm³/mol. The maximum atomic E-state index is 12.7. The molecule has 0 spiro atoms. The first-order valence-electron chi connectivity index (χ1n) is 10.5. The van der Waals surface area contributed by atoms with E-state index in [1.54, 1.807) is 36.4 Å². The summed E-state index contributed by atoms with van der Waals surface area (Å²) in [5, 5.41) is 10.6. The third kappa shape index (κ3) is 6.28. The zero-order valence-electron chi connectivity index (χ0n) is 18.3. The molecule has 8 nitrogen and oxygen atoms in total. The van der Waals surface area contributed by atoms with Gasteiger partial charge in [0.25, 0.3) is 16.8 Å². The summed E-state index contributed by atoms with van der Waals surface area (Å²) >= 11 is 4.34. The average Bonchev–Trinajstić information content (AvgIpc) is 3.11. The minimum absolute atomic E-state index is 0.00101. The number of hydrogen-bond donors (Lipinski definition) is 0. The van der Waals surface area contributed by atoms with E-state index in [4.69, 9.17) is 9.47 Å². The number of carbonyl (C=O) groups excluding carboxylic acids is 2. The summed E-state index contributed by atoms with van der Waals surface area (Å²) in [5.74, 6) is 0.853. The molecule has 178 valence electrons. The lowest BCUT2D eigenvalue weighted by atomic mass is 10.2. The van der Waals surface area contributed by atoms with Crippen LogP contribution in [0.15, 0.2) is 82.2 Å². The first-order chi connectivity index (χ1) is 16.9. The minimum atomic E-state index is -0.452. The molecule has 1 saturated heterocycles. The SMILES string of the molecule is O=C1S/C(=C\c2ccc(OCc3cccc([N+](=O)[O-])c3)c(Br)c2)C(=O)N1CCOc1ccccc1. The highest BCUT2D eigenvalue weighted by atomic mass is 79.9. The molecule has 3 aromatic rings. The number of thioether (sulfide) groups is 1. The number of hydrogen-bond acceptors (Lipinski definition) is 7. The number of para-hydroxylation sites is 1. The second kappa shape index (κ2) is 11.2. The Hall–Kier alpha value is -3.63. The van der Waals surface area contributed by atoms with Gasteiger partial charge in [0.2, 0.25) is 0 Å². The lowest BCUT2D eigenvalue weighted by Gasteiger charge is -2.13. The van der Waals surface area contributed by atoms with Gasteiger partial charge in [-0.05, 0) is 69.2 Å². The van der Waals surface area contributed by atoms with Crippen molar-refractivity contribution in [2.24, 2.45) is 0 Å². The van der Waals surface area contributed by atoms with Gasteiger partial charge in [-0.3, -0.25) is 24.6 Å². The van der Waals surface area contributed by atoms with Gasteiger partial charge in [0.05, 0.1) is 20.8 Å². The van der Waals surface area contributed by atoms with Crippen LogP contribution in [0.4, 0.5) is 10.5 Å². The van der Waals surface area contributed by atoms with E-state index in [2.05, 4.69) is 15.9 Å². The van der Waals surface area contributed by atoms with Crippen LogP contribution in [0.5, 0.6) is 11.5 Å². The van der Waals surface area contributed by atoms with E-state index in [0.717, 1.165) is 11.8 Å². The van der Waals surface area contributed by atoms with Crippen LogP contribution < -0.4 is 9.47 Å². The summed E-state index contributed by atoms with van der Waals surface area (Å²) in [4.78, 5) is 37.0. The molecule has 1 fully saturated rings. The fourth-order valence-electron chi connectivity index (χ4n) is 3.26. The molecule has 0 unspecified atom stereocenters. The Morgan fingerprint density at radius 2 is 1.80 bits per heavy atom. The van der Waals surface area contributed by atoms with Crippen LogP contribution in [-0.2, 0) is 11.4 Å². The number of ether oxygens (including phenoxy) is 2. The third-order valence-electron chi connectivity index (χ3n) is 4.97. The summed E-state index contributed by atoms with van der Waals surface area (Å²) < 4.78 is 12.0. The molecule has 0 saturated carbocycles. The molecular weight excluding hydrogens is 536 g/mol. The number of nitro benzene ring substituents is 1. The summed E-state index contributed by atoms with van der Waals surface area (Å²) in [6.07, 6.45) is 1.65. The monoisotopic (exact) mass is 554 g/mol. The topological polar surface area (TPSA) is 99.0 Å². The third-order valence-corrected chi connectivity index (χ3v) is 6.50. The molecule has 0 radical (unpaired) electrons. The normalized spacial score (nSPS) is 14.4. The Morgan fingerprint density at radius 1 is 1.00 bits per heavy atom. The van der Waals surface area contributed by atoms with Crippen LogP contribution in [0.3, 0.4) is 0 Å². The van der Waals surface area contributed by atoms with Gasteiger partial charge in [0.1, 0.15) is 24.7 Å². The fourth-order valence-corrected chi connectivity index (χ4v) is 4.64. The van der Waals surface area contributed by atoms with Gasteiger partial charge in [-0.15, -0.1) is 0 Å². The van der Waals surface area contributed by atoms with Crippen molar-refractivity contribution in [3.05, 3.63) is 103 Å². The number of non-ortho nitro benzene ring substituents is 1. The van der Waals surface area contributed by atoms with Crippen molar-refractivity contribution in [1.29, 1.82) is 0 Å². The van der Waals surface area contributed by atoms with Crippen molar-refractivity contribution in [3.63, 3.8) is 0 Å². The number of benzene rings is 3. The Labute approximate surface area is 213 Å². The zero-order chi connectivity index (χ0) is 24.8. The van der Waals surface area contributed by atoms with Crippen LogP contribution in [0.1, 0.15) is 11.1 Å². The van der Waals surface area contributed by atoms with Gasteiger partial charge in [0.15, 0.2) is 0 Å². The van der Waals surface area contributed by atoms with Gasteiger partial charge in [-0.25, -0.2) is 0 Å². The van der Waals surface area contributed by atoms with E-state index in [-0.39, 0.29) is 36.6 Å². The number of amides is 2. The van der Waals surface area contributed by atoms with Gasteiger partial charge < -0.3 is 9.47 Å². The van der Waals surface area contributed by atoms with Crippen molar-refractivity contribution in [2.45, 2.75) is 6.61 Å². The highest BCUT2D eigenvalue weighted by molar-refractivity contribution is 9.10. The van der Waals surface area contributed by atoms with E-state index in [9.17, 15) is 19.7 Å². The molecule has 3 aromatic carbocycles. The molecule has 1 aliphatic rings. The number of rotatable bonds is 9. The standard InChI is InChI=1S/C25H19BrN2O6S/c26-21-14-17(9-10-22(21)34-16-18-5-4-6-19(13-18)28(31)32)15-23-24(29)27(25(30)35-23)11-12-33-20-7-2-1-3-8-20/h1-10,13-15H,11-12,16H2/b23-15-. The lowest BCUT2D eigenvalue weighted by Crippen LogP contribution is -2.32. The number of halogens is 1. The minimum Gasteiger partial charge on any atom is -0.492 e. The van der Waals surface area contributed by atoms with Crippen molar-refractivity contribution < 1.29 is 24.0 Å². The van der Waals surface area contributed by atoms with Gasteiger partial charge in [0, 0.05) is 12.1 Å². The number of nitro groups is 1. The van der Waals surface area contributed by atoms with E-state index in [0.29, 0.717) is 32.0 Å². The average molecular weight is 555 g/mol. The van der Waals surface area contributed by atoms with Crippen LogP contribution in [0.2, 0.25) is 0 Å². The maximum absolute atomic E-state index is 12.7. The van der Waals surface area contributed by atoms with Crippen molar-refractivity contribution >= 4 is 50.6 Å². The molecule has 0 aliphatic carbocycles. The van der Waals surface area contributed by atoms with Crippen molar-refractivity contribution in [1.82, 2.24) is 4.90 Å². The highest BCUT2D eigenvalue weighted by Crippen LogP contribution is 2.34. The molecule has 2 amide bonds. The van der Waals surface area contributed by atoms with E-state index < -0.39 is 4.92 Å². The molecular formula is C25H19BrN2O6S.